The van der Waals surface area contributed by atoms with Crippen molar-refractivity contribution in [1.82, 2.24) is 10.2 Å². The van der Waals surface area contributed by atoms with E-state index in [2.05, 4.69) is 5.32 Å². The Morgan fingerprint density at radius 3 is 2.50 bits per heavy atom. The zero-order valence-electron chi connectivity index (χ0n) is 10.6. The quantitative estimate of drug-likeness (QED) is 0.798. The first-order valence-electron chi connectivity index (χ1n) is 6.39. The molecule has 0 aromatic heterocycles. The predicted molar refractivity (Wildman–Crippen MR) is 68.2 cm³/mol. The predicted octanol–water partition coefficient (Wildman–Crippen LogP) is 2.05. The van der Waals surface area contributed by atoms with Gasteiger partial charge >= 0.3 is 0 Å². The molecule has 1 heterocycles. The second kappa shape index (κ2) is 6.15. The Hall–Kier alpha value is -0.420. The van der Waals surface area contributed by atoms with Crippen LogP contribution in [0.2, 0.25) is 0 Å². The van der Waals surface area contributed by atoms with Gasteiger partial charge in [0.2, 0.25) is 11.8 Å². The van der Waals surface area contributed by atoms with E-state index in [9.17, 15) is 13.6 Å². The second-order valence-electron chi connectivity index (χ2n) is 5.22. The van der Waals surface area contributed by atoms with Crippen LogP contribution in [0.5, 0.6) is 0 Å². The number of nitrogens with one attached hydrogen (secondary N) is 1. The zero-order chi connectivity index (χ0) is 12.5. The van der Waals surface area contributed by atoms with Crippen LogP contribution in [0.4, 0.5) is 8.78 Å². The van der Waals surface area contributed by atoms with Crippen LogP contribution < -0.4 is 5.32 Å². The topological polar surface area (TPSA) is 32.3 Å². The molecule has 1 N–H and O–H groups in total. The van der Waals surface area contributed by atoms with Crippen LogP contribution >= 0.6 is 12.4 Å². The third kappa shape index (κ3) is 3.54. The molecule has 1 unspecified atom stereocenters. The van der Waals surface area contributed by atoms with Gasteiger partial charge in [0, 0.05) is 44.4 Å². The van der Waals surface area contributed by atoms with Gasteiger partial charge in [-0.1, -0.05) is 0 Å². The van der Waals surface area contributed by atoms with Crippen molar-refractivity contribution in [2.45, 2.75) is 44.6 Å². The molecule has 2 fully saturated rings. The lowest BCUT2D eigenvalue weighted by Crippen LogP contribution is -2.54. The fraction of sp³-hybridized carbons (Fsp3) is 0.917. The molecule has 2 aliphatic rings. The Morgan fingerprint density at radius 2 is 1.94 bits per heavy atom. The van der Waals surface area contributed by atoms with Crippen molar-refractivity contribution in [2.75, 3.05) is 19.6 Å². The van der Waals surface area contributed by atoms with Crippen LogP contribution in [0.1, 0.15) is 32.6 Å². The third-order valence-electron chi connectivity index (χ3n) is 3.85. The van der Waals surface area contributed by atoms with Crippen molar-refractivity contribution < 1.29 is 13.6 Å². The second-order valence-corrected chi connectivity index (χ2v) is 5.22. The summed E-state index contributed by atoms with van der Waals surface area (Å²) in [7, 11) is 0. The number of alkyl halides is 2. The molecule has 2 rings (SSSR count). The molecule has 0 aromatic rings. The fourth-order valence-electron chi connectivity index (χ4n) is 2.69. The lowest BCUT2D eigenvalue weighted by Gasteiger charge is -2.38. The van der Waals surface area contributed by atoms with Crippen molar-refractivity contribution >= 4 is 18.3 Å². The van der Waals surface area contributed by atoms with E-state index in [1.807, 2.05) is 11.8 Å². The molecule has 1 saturated carbocycles. The summed E-state index contributed by atoms with van der Waals surface area (Å²) in [6.07, 6.45) is 0.402. The highest BCUT2D eigenvalue weighted by Gasteiger charge is 2.39. The van der Waals surface area contributed by atoms with Crippen LogP contribution in [0.3, 0.4) is 0 Å². The molecule has 0 radical (unpaired) electrons. The molecule has 18 heavy (non-hydrogen) atoms. The van der Waals surface area contributed by atoms with E-state index in [0.29, 0.717) is 19.4 Å². The number of piperazine rings is 1. The van der Waals surface area contributed by atoms with Gasteiger partial charge in [-0.2, -0.15) is 0 Å². The Bertz CT molecular complexity index is 292. The Balaban J connectivity index is 0.00000162. The summed E-state index contributed by atoms with van der Waals surface area (Å²) in [6.45, 7) is 4.31. The number of carbonyl (C=O) groups is 1. The number of amides is 1. The Labute approximate surface area is 113 Å². The summed E-state index contributed by atoms with van der Waals surface area (Å²) in [6, 6.07) is 0.179. The highest BCUT2D eigenvalue weighted by Crippen LogP contribution is 2.37. The standard InChI is InChI=1S/C12H20F2N2O.ClH/c1-9-8-15-6-7-16(9)11(17)10-2-4-12(13,14)5-3-10;/h9-10,15H,2-8H2,1H3;1H. The lowest BCUT2D eigenvalue weighted by molar-refractivity contribution is -0.142. The first-order chi connectivity index (χ1) is 7.99. The van der Waals surface area contributed by atoms with Gasteiger partial charge in [0.15, 0.2) is 0 Å². The van der Waals surface area contributed by atoms with Gasteiger partial charge in [0.05, 0.1) is 0 Å². The van der Waals surface area contributed by atoms with Gasteiger partial charge in [-0.15, -0.1) is 12.4 Å². The minimum absolute atomic E-state index is 0. The number of nitrogens with zero attached hydrogens (tertiary/aromatic N) is 1. The summed E-state index contributed by atoms with van der Waals surface area (Å²) < 4.78 is 26.1. The highest BCUT2D eigenvalue weighted by atomic mass is 35.5. The normalized spacial score (nSPS) is 28.6. The fourth-order valence-corrected chi connectivity index (χ4v) is 2.69. The maximum atomic E-state index is 13.0. The summed E-state index contributed by atoms with van der Waals surface area (Å²) >= 11 is 0. The average Bonchev–Trinajstić information content (AvgIpc) is 2.29. The number of carbonyl (C=O) groups excluding carboxylic acids is 1. The van der Waals surface area contributed by atoms with Crippen molar-refractivity contribution in [1.29, 1.82) is 0 Å². The van der Waals surface area contributed by atoms with E-state index in [4.69, 9.17) is 0 Å². The monoisotopic (exact) mass is 282 g/mol. The van der Waals surface area contributed by atoms with Gasteiger partial charge < -0.3 is 10.2 Å². The summed E-state index contributed by atoms with van der Waals surface area (Å²) in [4.78, 5) is 14.1. The maximum Gasteiger partial charge on any atom is 0.248 e. The first-order valence-corrected chi connectivity index (χ1v) is 6.39. The molecule has 0 bridgehead atoms. The molecule has 3 nitrogen and oxygen atoms in total. The van der Waals surface area contributed by atoms with Crippen molar-refractivity contribution in [2.24, 2.45) is 5.92 Å². The SMILES string of the molecule is CC1CNCCN1C(=O)C1CCC(F)(F)CC1.Cl. The molecular formula is C12H21ClF2N2O. The van der Waals surface area contributed by atoms with Gasteiger partial charge in [0.25, 0.3) is 0 Å². The van der Waals surface area contributed by atoms with Crippen LogP contribution in [-0.4, -0.2) is 42.4 Å². The van der Waals surface area contributed by atoms with Gasteiger partial charge in [0.1, 0.15) is 0 Å². The van der Waals surface area contributed by atoms with Crippen molar-refractivity contribution in [3.8, 4) is 0 Å². The number of hydrogen-bond donors (Lipinski definition) is 1. The molecular weight excluding hydrogens is 262 g/mol. The third-order valence-corrected chi connectivity index (χ3v) is 3.85. The first kappa shape index (κ1) is 15.6. The Morgan fingerprint density at radius 1 is 1.33 bits per heavy atom. The van der Waals surface area contributed by atoms with E-state index < -0.39 is 5.92 Å². The zero-order valence-corrected chi connectivity index (χ0v) is 11.4. The van der Waals surface area contributed by atoms with E-state index in [-0.39, 0.29) is 43.1 Å². The number of halogens is 3. The molecule has 1 aliphatic heterocycles. The molecule has 1 saturated heterocycles. The minimum Gasteiger partial charge on any atom is -0.337 e. The summed E-state index contributed by atoms with van der Waals surface area (Å²) in [5, 5.41) is 3.22. The van der Waals surface area contributed by atoms with Crippen molar-refractivity contribution in [3.63, 3.8) is 0 Å². The summed E-state index contributed by atoms with van der Waals surface area (Å²) in [5.41, 5.74) is 0. The van der Waals surface area contributed by atoms with E-state index in [1.54, 1.807) is 0 Å². The van der Waals surface area contributed by atoms with Gasteiger partial charge in [-0.3, -0.25) is 4.79 Å². The van der Waals surface area contributed by atoms with Crippen molar-refractivity contribution in [3.05, 3.63) is 0 Å². The maximum absolute atomic E-state index is 13.0. The Kier molecular flexibility index (Phi) is 5.34. The van der Waals surface area contributed by atoms with Gasteiger partial charge in [-0.25, -0.2) is 8.78 Å². The van der Waals surface area contributed by atoms with E-state index in [0.717, 1.165) is 13.1 Å². The average molecular weight is 283 g/mol. The smallest absolute Gasteiger partial charge is 0.248 e. The van der Waals surface area contributed by atoms with Crippen LogP contribution in [0.25, 0.3) is 0 Å². The lowest BCUT2D eigenvalue weighted by atomic mass is 9.85. The summed E-state index contributed by atoms with van der Waals surface area (Å²) in [5.74, 6) is -2.66. The van der Waals surface area contributed by atoms with Crippen LogP contribution in [0.15, 0.2) is 0 Å². The molecule has 1 aliphatic carbocycles. The minimum atomic E-state index is -2.55. The van der Waals surface area contributed by atoms with Gasteiger partial charge in [-0.05, 0) is 19.8 Å². The molecule has 1 amide bonds. The molecule has 0 spiro atoms. The van der Waals surface area contributed by atoms with Crippen LogP contribution in [0, 0.1) is 5.92 Å². The van der Waals surface area contributed by atoms with Crippen LogP contribution in [-0.2, 0) is 4.79 Å². The number of hydrogen-bond acceptors (Lipinski definition) is 2. The molecule has 1 atom stereocenters. The molecule has 6 heteroatoms. The largest absolute Gasteiger partial charge is 0.337 e. The van der Waals surface area contributed by atoms with E-state index >= 15 is 0 Å². The molecule has 106 valence electrons. The number of rotatable bonds is 1. The van der Waals surface area contributed by atoms with E-state index in [1.165, 1.54) is 0 Å². The highest BCUT2D eigenvalue weighted by molar-refractivity contribution is 5.85. The molecule has 0 aromatic carbocycles.